The lowest BCUT2D eigenvalue weighted by molar-refractivity contribution is 0.289. The van der Waals surface area contributed by atoms with Crippen LogP contribution in [0.3, 0.4) is 0 Å². The molecule has 114 valence electrons. The number of hydrogen-bond acceptors (Lipinski definition) is 5. The van der Waals surface area contributed by atoms with E-state index in [1.807, 2.05) is 0 Å². The molecule has 5 heteroatoms. The molecule has 0 radical (unpaired) electrons. The van der Waals surface area contributed by atoms with Gasteiger partial charge in [0.25, 0.3) is 0 Å². The Hall–Kier alpha value is -1.20. The average molecular weight is 305 g/mol. The fourth-order valence-electron chi connectivity index (χ4n) is 3.34. The lowest BCUT2D eigenvalue weighted by Gasteiger charge is -2.35. The maximum absolute atomic E-state index is 9.49. The molecule has 0 unspecified atom stereocenters. The van der Waals surface area contributed by atoms with Gasteiger partial charge in [-0.3, -0.25) is 0 Å². The van der Waals surface area contributed by atoms with E-state index in [-0.39, 0.29) is 6.61 Å². The molecular formula is C16H23N3OS. The first-order valence-electron chi connectivity index (χ1n) is 7.80. The molecule has 0 amide bonds. The molecule has 0 atom stereocenters. The van der Waals surface area contributed by atoms with Crippen LogP contribution in [0, 0.1) is 13.8 Å². The van der Waals surface area contributed by atoms with Gasteiger partial charge in [0, 0.05) is 17.5 Å². The molecule has 1 saturated carbocycles. The largest absolute Gasteiger partial charge is 0.395 e. The molecule has 1 N–H and O–H groups in total. The summed E-state index contributed by atoms with van der Waals surface area (Å²) in [4.78, 5) is 13.7. The number of rotatable bonds is 4. The first-order chi connectivity index (χ1) is 10.2. The summed E-state index contributed by atoms with van der Waals surface area (Å²) in [5.74, 6) is 1.02. The lowest BCUT2D eigenvalue weighted by Crippen LogP contribution is -2.39. The van der Waals surface area contributed by atoms with Crippen LogP contribution in [0.1, 0.15) is 42.5 Å². The van der Waals surface area contributed by atoms with Gasteiger partial charge in [-0.05, 0) is 32.3 Å². The van der Waals surface area contributed by atoms with Crippen molar-refractivity contribution in [3.05, 3.63) is 16.8 Å². The van der Waals surface area contributed by atoms with Crippen LogP contribution in [0.2, 0.25) is 0 Å². The number of thiophene rings is 1. The molecule has 21 heavy (non-hydrogen) atoms. The molecule has 2 aromatic rings. The highest BCUT2D eigenvalue weighted by Crippen LogP contribution is 2.36. The zero-order chi connectivity index (χ0) is 14.8. The Bertz CT molecular complexity index is 619. The fraction of sp³-hybridized carbons (Fsp3) is 0.625. The fourth-order valence-corrected chi connectivity index (χ4v) is 4.33. The second kappa shape index (κ2) is 6.28. The molecule has 4 nitrogen and oxygen atoms in total. The van der Waals surface area contributed by atoms with Crippen LogP contribution < -0.4 is 4.90 Å². The number of fused-ring (bicyclic) bond motifs is 1. The summed E-state index contributed by atoms with van der Waals surface area (Å²) in [6.45, 7) is 5.12. The standard InChI is InChI=1S/C16H23N3OS/c1-11-12(2)21-16-14(11)15(17-10-18-16)19(8-9-20)13-6-4-3-5-7-13/h10,13,20H,3-9H2,1-2H3. The summed E-state index contributed by atoms with van der Waals surface area (Å²) >= 11 is 1.73. The van der Waals surface area contributed by atoms with E-state index in [9.17, 15) is 5.11 Å². The van der Waals surface area contributed by atoms with Gasteiger partial charge in [0.15, 0.2) is 0 Å². The molecule has 2 aromatic heterocycles. The zero-order valence-corrected chi connectivity index (χ0v) is 13.6. The minimum absolute atomic E-state index is 0.171. The highest BCUT2D eigenvalue weighted by molar-refractivity contribution is 7.18. The first-order valence-corrected chi connectivity index (χ1v) is 8.62. The predicted octanol–water partition coefficient (Wildman–Crippen LogP) is 3.44. The molecule has 0 saturated heterocycles. The Labute approximate surface area is 129 Å². The molecule has 1 aliphatic rings. The third kappa shape index (κ3) is 2.77. The third-order valence-corrected chi connectivity index (χ3v) is 5.69. The highest BCUT2D eigenvalue weighted by atomic mass is 32.1. The number of anilines is 1. The second-order valence-corrected chi connectivity index (χ2v) is 7.07. The van der Waals surface area contributed by atoms with Gasteiger partial charge in [-0.2, -0.15) is 0 Å². The van der Waals surface area contributed by atoms with Crippen molar-refractivity contribution in [1.29, 1.82) is 0 Å². The quantitative estimate of drug-likeness (QED) is 0.940. The number of aromatic nitrogens is 2. The number of aliphatic hydroxyl groups is 1. The zero-order valence-electron chi connectivity index (χ0n) is 12.8. The minimum atomic E-state index is 0.171. The Kier molecular flexibility index (Phi) is 4.40. The van der Waals surface area contributed by atoms with Gasteiger partial charge >= 0.3 is 0 Å². The van der Waals surface area contributed by atoms with E-state index in [1.54, 1.807) is 17.7 Å². The lowest BCUT2D eigenvalue weighted by atomic mass is 9.94. The van der Waals surface area contributed by atoms with Gasteiger partial charge in [-0.1, -0.05) is 19.3 Å². The Morgan fingerprint density at radius 3 is 2.71 bits per heavy atom. The van der Waals surface area contributed by atoms with Crippen molar-refractivity contribution in [2.45, 2.75) is 52.0 Å². The summed E-state index contributed by atoms with van der Waals surface area (Å²) in [6, 6.07) is 0.503. The van der Waals surface area contributed by atoms with E-state index in [1.165, 1.54) is 47.9 Å². The maximum Gasteiger partial charge on any atom is 0.141 e. The Morgan fingerprint density at radius 1 is 1.24 bits per heavy atom. The van der Waals surface area contributed by atoms with Crippen LogP contribution >= 0.6 is 11.3 Å². The van der Waals surface area contributed by atoms with Crippen molar-refractivity contribution in [3.63, 3.8) is 0 Å². The van der Waals surface area contributed by atoms with Crippen LogP contribution in [-0.4, -0.2) is 34.3 Å². The molecule has 3 rings (SSSR count). The molecule has 1 fully saturated rings. The smallest absolute Gasteiger partial charge is 0.141 e. The third-order valence-electron chi connectivity index (χ3n) is 4.57. The Morgan fingerprint density at radius 2 is 2.00 bits per heavy atom. The number of aliphatic hydroxyl groups excluding tert-OH is 1. The van der Waals surface area contributed by atoms with Crippen LogP contribution in [0.5, 0.6) is 0 Å². The molecule has 0 aromatic carbocycles. The predicted molar refractivity (Wildman–Crippen MR) is 88.2 cm³/mol. The van der Waals surface area contributed by atoms with Gasteiger partial charge in [-0.15, -0.1) is 11.3 Å². The van der Waals surface area contributed by atoms with Crippen LogP contribution in [0.25, 0.3) is 10.2 Å². The number of nitrogens with zero attached hydrogens (tertiary/aromatic N) is 3. The monoisotopic (exact) mass is 305 g/mol. The average Bonchev–Trinajstić information content (AvgIpc) is 2.81. The van der Waals surface area contributed by atoms with E-state index in [0.29, 0.717) is 12.6 Å². The summed E-state index contributed by atoms with van der Waals surface area (Å²) in [6.07, 6.45) is 7.96. The van der Waals surface area contributed by atoms with Gasteiger partial charge in [0.05, 0.1) is 12.0 Å². The SMILES string of the molecule is Cc1sc2ncnc(N(CCO)C3CCCCC3)c2c1C. The van der Waals surface area contributed by atoms with E-state index < -0.39 is 0 Å². The van der Waals surface area contributed by atoms with E-state index in [0.717, 1.165) is 10.6 Å². The van der Waals surface area contributed by atoms with Gasteiger partial charge < -0.3 is 10.0 Å². The van der Waals surface area contributed by atoms with Crippen molar-refractivity contribution < 1.29 is 5.11 Å². The second-order valence-electron chi connectivity index (χ2n) is 5.87. The molecule has 1 aliphatic carbocycles. The first kappa shape index (κ1) is 14.7. The summed E-state index contributed by atoms with van der Waals surface area (Å²) in [5.41, 5.74) is 1.28. The molecule has 0 bridgehead atoms. The van der Waals surface area contributed by atoms with Gasteiger partial charge in [-0.25, -0.2) is 9.97 Å². The summed E-state index contributed by atoms with van der Waals surface area (Å²) < 4.78 is 0. The van der Waals surface area contributed by atoms with Crippen LogP contribution in [-0.2, 0) is 0 Å². The molecule has 0 spiro atoms. The van der Waals surface area contributed by atoms with Crippen LogP contribution in [0.4, 0.5) is 5.82 Å². The highest BCUT2D eigenvalue weighted by Gasteiger charge is 2.25. The molecule has 0 aliphatic heterocycles. The molecule has 2 heterocycles. The summed E-state index contributed by atoms with van der Waals surface area (Å²) in [7, 11) is 0. The van der Waals surface area contributed by atoms with Gasteiger partial charge in [0.1, 0.15) is 17.0 Å². The number of aryl methyl sites for hydroxylation is 2. The summed E-state index contributed by atoms with van der Waals surface area (Å²) in [5, 5.41) is 10.7. The van der Waals surface area contributed by atoms with E-state index in [4.69, 9.17) is 0 Å². The normalized spacial score (nSPS) is 16.5. The Balaban J connectivity index is 2.06. The number of hydrogen-bond donors (Lipinski definition) is 1. The van der Waals surface area contributed by atoms with Crippen molar-refractivity contribution in [3.8, 4) is 0 Å². The van der Waals surface area contributed by atoms with Crippen molar-refractivity contribution in [1.82, 2.24) is 9.97 Å². The van der Waals surface area contributed by atoms with Crippen molar-refractivity contribution in [2.24, 2.45) is 0 Å². The van der Waals surface area contributed by atoms with E-state index in [2.05, 4.69) is 28.7 Å². The van der Waals surface area contributed by atoms with Crippen molar-refractivity contribution in [2.75, 3.05) is 18.1 Å². The minimum Gasteiger partial charge on any atom is -0.395 e. The van der Waals surface area contributed by atoms with Crippen molar-refractivity contribution >= 4 is 27.4 Å². The van der Waals surface area contributed by atoms with E-state index >= 15 is 0 Å². The maximum atomic E-state index is 9.49. The van der Waals surface area contributed by atoms with Gasteiger partial charge in [0.2, 0.25) is 0 Å². The molecular weight excluding hydrogens is 282 g/mol. The van der Waals surface area contributed by atoms with Crippen LogP contribution in [0.15, 0.2) is 6.33 Å². The topological polar surface area (TPSA) is 49.2 Å².